The molecule has 1 saturated carbocycles. The summed E-state index contributed by atoms with van der Waals surface area (Å²) in [5.74, 6) is 0. The predicted octanol–water partition coefficient (Wildman–Crippen LogP) is 1.83. The van der Waals surface area contributed by atoms with Gasteiger partial charge < -0.3 is 16.1 Å². The molecule has 1 fully saturated rings. The Morgan fingerprint density at radius 3 is 2.92 bits per heavy atom. The molecule has 130 valence electrons. The molecule has 0 aromatic carbocycles. The average molecular weight is 351 g/mol. The Balaban J connectivity index is 2.17. The molecule has 1 aromatic heterocycles. The Hall–Kier alpha value is -1.97. The summed E-state index contributed by atoms with van der Waals surface area (Å²) in [6.45, 7) is 3.60. The highest BCUT2D eigenvalue weighted by molar-refractivity contribution is 7.12. The van der Waals surface area contributed by atoms with Gasteiger partial charge in [-0.25, -0.2) is 10.2 Å². The van der Waals surface area contributed by atoms with E-state index in [1.54, 1.807) is 13.8 Å². The monoisotopic (exact) mass is 351 g/mol. The van der Waals surface area contributed by atoms with Crippen LogP contribution in [-0.2, 0) is 0 Å². The van der Waals surface area contributed by atoms with E-state index in [1.807, 2.05) is 17.5 Å². The first-order valence-corrected chi connectivity index (χ1v) is 8.70. The Morgan fingerprint density at radius 1 is 1.54 bits per heavy atom. The number of carbonyl (C=O) groups excluding carboxylic acids is 1. The van der Waals surface area contributed by atoms with Gasteiger partial charge in [0, 0.05) is 6.42 Å². The van der Waals surface area contributed by atoms with Crippen molar-refractivity contribution in [3.05, 3.63) is 27.6 Å². The van der Waals surface area contributed by atoms with Crippen molar-refractivity contribution in [3.63, 3.8) is 0 Å². The molecule has 2 heterocycles. The summed E-state index contributed by atoms with van der Waals surface area (Å²) in [6.07, 6.45) is 2.53. The summed E-state index contributed by atoms with van der Waals surface area (Å²) in [7, 11) is 0. The van der Waals surface area contributed by atoms with Crippen LogP contribution in [0, 0.1) is 5.21 Å². The number of hydrazone groups is 1. The van der Waals surface area contributed by atoms with Gasteiger partial charge in [0.2, 0.25) is 5.71 Å². The van der Waals surface area contributed by atoms with E-state index < -0.39 is 17.2 Å². The second kappa shape index (κ2) is 5.83. The number of thiophene rings is 1. The molecule has 0 unspecified atom stereocenters. The van der Waals surface area contributed by atoms with Crippen molar-refractivity contribution >= 4 is 28.8 Å². The van der Waals surface area contributed by atoms with Crippen molar-refractivity contribution < 1.29 is 14.7 Å². The third-order valence-corrected chi connectivity index (χ3v) is 5.58. The Morgan fingerprint density at radius 2 is 2.29 bits per heavy atom. The Kier molecular flexibility index (Phi) is 4.10. The zero-order valence-electron chi connectivity index (χ0n) is 13.7. The number of carbonyl (C=O) groups is 1. The van der Waals surface area contributed by atoms with Gasteiger partial charge in [0.15, 0.2) is 0 Å². The second-order valence-electron chi connectivity index (χ2n) is 6.55. The highest BCUT2D eigenvalue weighted by Gasteiger charge is 2.65. The maximum atomic E-state index is 13.3. The van der Waals surface area contributed by atoms with Crippen molar-refractivity contribution in [2.24, 2.45) is 10.8 Å². The zero-order valence-corrected chi connectivity index (χ0v) is 14.5. The van der Waals surface area contributed by atoms with Gasteiger partial charge in [0.1, 0.15) is 11.3 Å². The lowest BCUT2D eigenvalue weighted by atomic mass is 9.86. The van der Waals surface area contributed by atoms with Crippen LogP contribution in [0.5, 0.6) is 0 Å². The second-order valence-corrected chi connectivity index (χ2v) is 7.50. The van der Waals surface area contributed by atoms with Gasteiger partial charge in [-0.15, -0.1) is 16.4 Å². The van der Waals surface area contributed by atoms with E-state index in [2.05, 4.69) is 10.5 Å². The Labute approximate surface area is 143 Å². The number of hydroxylamine groups is 3. The maximum absolute atomic E-state index is 13.3. The summed E-state index contributed by atoms with van der Waals surface area (Å²) in [5, 5.41) is 31.3. The molecular formula is C15H21N5O3S. The van der Waals surface area contributed by atoms with E-state index in [0.29, 0.717) is 24.3 Å². The van der Waals surface area contributed by atoms with E-state index in [-0.39, 0.29) is 0 Å². The number of nitrogens with one attached hydrogen (secondary N) is 1. The van der Waals surface area contributed by atoms with E-state index in [4.69, 9.17) is 5.73 Å². The summed E-state index contributed by atoms with van der Waals surface area (Å²) in [5.41, 5.74) is 6.00. The molecule has 2 aliphatic rings. The number of nitrogens with zero attached hydrogens (tertiary/aromatic N) is 3. The molecular weight excluding hydrogens is 330 g/mol. The van der Waals surface area contributed by atoms with Crippen LogP contribution in [0.3, 0.4) is 0 Å². The third-order valence-electron chi connectivity index (χ3n) is 4.71. The number of hydrogen-bond acceptors (Lipinski definition) is 6. The zero-order chi connectivity index (χ0) is 17.5. The molecule has 1 spiro atoms. The number of nitrogens with two attached hydrogens (primary N) is 1. The first kappa shape index (κ1) is 16.9. The topological polar surface area (TPSA) is 117 Å². The highest BCUT2D eigenvalue weighted by Crippen LogP contribution is 2.42. The minimum absolute atomic E-state index is 0.421. The molecule has 0 bridgehead atoms. The lowest BCUT2D eigenvalue weighted by Gasteiger charge is -2.38. The lowest BCUT2D eigenvalue weighted by Crippen LogP contribution is -2.61. The van der Waals surface area contributed by atoms with Crippen molar-refractivity contribution in [2.45, 2.75) is 50.7 Å². The molecule has 24 heavy (non-hydrogen) atoms. The summed E-state index contributed by atoms with van der Waals surface area (Å²) in [4.78, 5) is 11.8. The van der Waals surface area contributed by atoms with E-state index in [0.717, 1.165) is 27.5 Å². The first-order valence-electron chi connectivity index (χ1n) is 7.82. The van der Waals surface area contributed by atoms with Crippen LogP contribution in [0.2, 0.25) is 0 Å². The van der Waals surface area contributed by atoms with Gasteiger partial charge in [-0.3, -0.25) is 0 Å². The number of hydrogen-bond donors (Lipinski definition) is 3. The van der Waals surface area contributed by atoms with Crippen molar-refractivity contribution in [1.82, 2.24) is 10.5 Å². The van der Waals surface area contributed by atoms with Gasteiger partial charge >= 0.3 is 6.03 Å². The van der Waals surface area contributed by atoms with Crippen LogP contribution in [0.25, 0.3) is 0 Å². The SMILES string of the molecule is CC1(C)C(c2cccs2)=[N+]([O-])[C@]2(CCCCC2=NNC(N)=O)N1O. The molecule has 8 nitrogen and oxygen atoms in total. The minimum Gasteiger partial charge on any atom is -0.622 e. The molecule has 2 amide bonds. The first-order chi connectivity index (χ1) is 11.3. The predicted molar refractivity (Wildman–Crippen MR) is 91.1 cm³/mol. The molecule has 1 aliphatic carbocycles. The fourth-order valence-corrected chi connectivity index (χ4v) is 4.53. The van der Waals surface area contributed by atoms with Crippen LogP contribution in [0.4, 0.5) is 4.79 Å². The normalized spacial score (nSPS) is 28.7. The summed E-state index contributed by atoms with van der Waals surface area (Å²) < 4.78 is 0.861. The van der Waals surface area contributed by atoms with Gasteiger partial charge in [0.25, 0.3) is 5.66 Å². The van der Waals surface area contributed by atoms with E-state index >= 15 is 0 Å². The molecule has 1 aliphatic heterocycles. The number of primary amides is 1. The molecule has 9 heteroatoms. The fraction of sp³-hybridized carbons (Fsp3) is 0.533. The van der Waals surface area contributed by atoms with Gasteiger partial charge in [-0.2, -0.15) is 9.84 Å². The largest absolute Gasteiger partial charge is 0.622 e. The summed E-state index contributed by atoms with van der Waals surface area (Å²) >= 11 is 1.45. The smallest absolute Gasteiger partial charge is 0.332 e. The molecule has 0 radical (unpaired) electrons. The minimum atomic E-state index is -1.32. The van der Waals surface area contributed by atoms with Crippen LogP contribution >= 0.6 is 11.3 Å². The molecule has 1 atom stereocenters. The number of rotatable bonds is 2. The molecule has 3 rings (SSSR count). The van der Waals surface area contributed by atoms with E-state index in [1.165, 1.54) is 11.3 Å². The molecule has 1 aromatic rings. The average Bonchev–Trinajstić information content (AvgIpc) is 3.09. The van der Waals surface area contributed by atoms with Gasteiger partial charge in [-0.1, -0.05) is 6.07 Å². The van der Waals surface area contributed by atoms with Crippen molar-refractivity contribution in [1.29, 1.82) is 0 Å². The molecule has 0 saturated heterocycles. The Bertz CT molecular complexity index is 713. The summed E-state index contributed by atoms with van der Waals surface area (Å²) in [6, 6.07) is 2.93. The van der Waals surface area contributed by atoms with Crippen molar-refractivity contribution in [2.75, 3.05) is 0 Å². The third kappa shape index (κ3) is 2.31. The standard InChI is InChI=1S/C15H21N5O3S/c1-14(2)12(10-6-5-9-24-10)19(22)15(20(14)23)8-4-3-7-11(15)17-18-13(16)21/h5-6,9,23H,3-4,7-8H2,1-2H3,(H3,16,18,21)/t15-/m1/s1. The van der Waals surface area contributed by atoms with Crippen molar-refractivity contribution in [3.8, 4) is 0 Å². The highest BCUT2D eigenvalue weighted by atomic mass is 32.1. The van der Waals surface area contributed by atoms with Gasteiger partial charge in [-0.05, 0) is 44.6 Å². The van der Waals surface area contributed by atoms with E-state index in [9.17, 15) is 15.2 Å². The molecule has 4 N–H and O–H groups in total. The van der Waals surface area contributed by atoms with Crippen LogP contribution < -0.4 is 11.2 Å². The van der Waals surface area contributed by atoms with Gasteiger partial charge in [0.05, 0.1) is 4.88 Å². The fourth-order valence-electron chi connectivity index (χ4n) is 3.62. The lowest BCUT2D eigenvalue weighted by molar-refractivity contribution is -0.568. The van der Waals surface area contributed by atoms with Crippen LogP contribution in [0.1, 0.15) is 44.4 Å². The number of urea groups is 1. The number of amides is 2. The van der Waals surface area contributed by atoms with Crippen LogP contribution in [-0.4, -0.2) is 43.7 Å². The van der Waals surface area contributed by atoms with Crippen LogP contribution in [0.15, 0.2) is 22.6 Å². The quantitative estimate of drug-likeness (QED) is 0.428. The maximum Gasteiger partial charge on any atom is 0.332 e.